The number of nitrogens with one attached hydrogen (secondary N) is 2. The number of alkyl halides is 3. The first-order valence-electron chi connectivity index (χ1n) is 8.99. The lowest BCUT2D eigenvalue weighted by molar-refractivity contribution is -0.137. The van der Waals surface area contributed by atoms with E-state index in [4.69, 9.17) is 4.74 Å². The van der Waals surface area contributed by atoms with E-state index in [-0.39, 0.29) is 24.3 Å². The molecule has 7 nitrogen and oxygen atoms in total. The number of nitrogens with zero attached hydrogens (tertiary/aromatic N) is 3. The zero-order valence-corrected chi connectivity index (χ0v) is 15.2. The molecule has 3 heterocycles. The van der Waals surface area contributed by atoms with Crippen molar-refractivity contribution in [3.63, 3.8) is 0 Å². The van der Waals surface area contributed by atoms with Gasteiger partial charge in [-0.3, -0.25) is 4.79 Å². The summed E-state index contributed by atoms with van der Waals surface area (Å²) in [6.07, 6.45) is -1.21. The van der Waals surface area contributed by atoms with E-state index in [1.165, 1.54) is 18.2 Å². The maximum Gasteiger partial charge on any atom is 0.416 e. The quantitative estimate of drug-likeness (QED) is 0.681. The van der Waals surface area contributed by atoms with Gasteiger partial charge in [0, 0.05) is 30.9 Å². The molecule has 1 saturated heterocycles. The summed E-state index contributed by atoms with van der Waals surface area (Å²) in [5.41, 5.74) is 1.15. The van der Waals surface area contributed by atoms with Crippen molar-refractivity contribution in [1.29, 1.82) is 0 Å². The second kappa shape index (κ2) is 7.80. The topological polar surface area (TPSA) is 84.8 Å². The van der Waals surface area contributed by atoms with Gasteiger partial charge in [-0.25, -0.2) is 4.68 Å². The van der Waals surface area contributed by atoms with Crippen LogP contribution in [0.2, 0.25) is 0 Å². The third kappa shape index (κ3) is 4.38. The molecule has 0 unspecified atom stereocenters. The number of aromatic nitrogens is 4. The van der Waals surface area contributed by atoms with E-state index in [0.717, 1.165) is 17.7 Å². The third-order valence-corrected chi connectivity index (χ3v) is 4.80. The highest BCUT2D eigenvalue weighted by Gasteiger charge is 2.31. The molecule has 10 heteroatoms. The van der Waals surface area contributed by atoms with Crippen LogP contribution in [0.4, 0.5) is 13.2 Å². The molecule has 1 fully saturated rings. The van der Waals surface area contributed by atoms with Gasteiger partial charge in [-0.2, -0.15) is 13.2 Å². The van der Waals surface area contributed by atoms with Gasteiger partial charge in [-0.1, -0.05) is 17.3 Å². The first-order chi connectivity index (χ1) is 13.9. The number of hydrogen-bond acceptors (Lipinski definition) is 5. The zero-order valence-electron chi connectivity index (χ0n) is 15.2. The van der Waals surface area contributed by atoms with Crippen molar-refractivity contribution in [3.05, 3.63) is 70.3 Å². The fourth-order valence-electron chi connectivity index (χ4n) is 3.21. The van der Waals surface area contributed by atoms with Crippen molar-refractivity contribution in [2.75, 3.05) is 13.1 Å². The molecule has 0 radical (unpaired) electrons. The van der Waals surface area contributed by atoms with Crippen molar-refractivity contribution in [3.8, 4) is 11.3 Å². The predicted molar refractivity (Wildman–Crippen MR) is 98.0 cm³/mol. The number of ether oxygens (including phenoxy) is 1. The second-order valence-corrected chi connectivity index (χ2v) is 6.80. The Morgan fingerprint density at radius 2 is 1.93 bits per heavy atom. The van der Waals surface area contributed by atoms with Crippen LogP contribution < -0.4 is 10.9 Å². The van der Waals surface area contributed by atoms with Crippen LogP contribution in [0.5, 0.6) is 0 Å². The van der Waals surface area contributed by atoms with E-state index >= 15 is 0 Å². The van der Waals surface area contributed by atoms with Gasteiger partial charge in [-0.05, 0) is 23.8 Å². The smallest absolute Gasteiger partial charge is 0.370 e. The summed E-state index contributed by atoms with van der Waals surface area (Å²) in [7, 11) is 0. The minimum Gasteiger partial charge on any atom is -0.370 e. The summed E-state index contributed by atoms with van der Waals surface area (Å²) >= 11 is 0. The Balaban J connectivity index is 1.42. The number of rotatable bonds is 5. The van der Waals surface area contributed by atoms with Crippen molar-refractivity contribution in [2.24, 2.45) is 0 Å². The minimum atomic E-state index is -4.35. The van der Waals surface area contributed by atoms with Crippen LogP contribution in [0.1, 0.15) is 17.2 Å². The Hall–Kier alpha value is -2.98. The summed E-state index contributed by atoms with van der Waals surface area (Å²) < 4.78 is 45.6. The molecule has 4 rings (SSSR count). The molecule has 29 heavy (non-hydrogen) atoms. The molecular weight excluding hydrogens is 387 g/mol. The van der Waals surface area contributed by atoms with Gasteiger partial charge in [0.05, 0.1) is 30.5 Å². The zero-order chi connectivity index (χ0) is 20.4. The summed E-state index contributed by atoms with van der Waals surface area (Å²) in [6.45, 7) is 1.42. The molecule has 0 bridgehead atoms. The maximum atomic E-state index is 12.7. The molecule has 152 valence electrons. The van der Waals surface area contributed by atoms with E-state index in [1.807, 2.05) is 0 Å². The standard InChI is InChI=1S/C19H18F3N5O2/c20-19(21,22)14-4-1-12(2-5-14)11-29-17-9-23-8-16(17)27-10-15(25-26-27)13-3-6-18(28)24-7-13/h1-7,10,16-17,23H,8-9,11H2,(H,24,28)/t16-,17-/m1/s1. The Kier molecular flexibility index (Phi) is 5.20. The Morgan fingerprint density at radius 3 is 2.62 bits per heavy atom. The highest BCUT2D eigenvalue weighted by Crippen LogP contribution is 2.29. The van der Waals surface area contributed by atoms with Gasteiger partial charge in [0.2, 0.25) is 5.56 Å². The van der Waals surface area contributed by atoms with Crippen LogP contribution in [0.15, 0.2) is 53.6 Å². The average molecular weight is 405 g/mol. The minimum absolute atomic E-state index is 0.103. The molecule has 0 saturated carbocycles. The SMILES string of the molecule is O=c1ccc(-c2cn([C@@H]3CNC[C@H]3OCc3ccc(C(F)(F)F)cc3)nn2)c[nH]1. The van der Waals surface area contributed by atoms with Gasteiger partial charge in [-0.15, -0.1) is 5.10 Å². The molecule has 0 aliphatic carbocycles. The molecule has 2 atom stereocenters. The molecule has 0 spiro atoms. The first-order valence-corrected chi connectivity index (χ1v) is 8.99. The van der Waals surface area contributed by atoms with Crippen molar-refractivity contribution < 1.29 is 17.9 Å². The molecule has 1 aliphatic heterocycles. The van der Waals surface area contributed by atoms with Crippen LogP contribution in [0.3, 0.4) is 0 Å². The lowest BCUT2D eigenvalue weighted by atomic mass is 10.1. The fourth-order valence-corrected chi connectivity index (χ4v) is 3.21. The molecule has 2 N–H and O–H groups in total. The van der Waals surface area contributed by atoms with Crippen LogP contribution in [-0.2, 0) is 17.5 Å². The Bertz CT molecular complexity index is 1010. The summed E-state index contributed by atoms with van der Waals surface area (Å²) in [5.74, 6) is 0. The Labute approximate surface area is 163 Å². The Morgan fingerprint density at radius 1 is 1.14 bits per heavy atom. The lowest BCUT2D eigenvalue weighted by Crippen LogP contribution is -2.26. The fraction of sp³-hybridized carbons (Fsp3) is 0.316. The molecule has 0 amide bonds. The first kappa shape index (κ1) is 19.3. The number of aromatic amines is 1. The van der Waals surface area contributed by atoms with Crippen molar-refractivity contribution >= 4 is 0 Å². The van der Waals surface area contributed by atoms with E-state index in [2.05, 4.69) is 20.6 Å². The average Bonchev–Trinajstić information content (AvgIpc) is 3.36. The number of H-pyrrole nitrogens is 1. The lowest BCUT2D eigenvalue weighted by Gasteiger charge is -2.19. The third-order valence-electron chi connectivity index (χ3n) is 4.80. The number of pyridine rings is 1. The summed E-state index contributed by atoms with van der Waals surface area (Å²) in [5, 5.41) is 11.6. The highest BCUT2D eigenvalue weighted by molar-refractivity contribution is 5.55. The maximum absolute atomic E-state index is 12.7. The highest BCUT2D eigenvalue weighted by atomic mass is 19.4. The van der Waals surface area contributed by atoms with Crippen molar-refractivity contribution in [2.45, 2.75) is 24.9 Å². The molecule has 1 aromatic carbocycles. The number of hydrogen-bond donors (Lipinski definition) is 2. The molecular formula is C19H18F3N5O2. The number of benzene rings is 1. The van der Waals surface area contributed by atoms with Crippen LogP contribution in [0.25, 0.3) is 11.3 Å². The van der Waals surface area contributed by atoms with Crippen LogP contribution >= 0.6 is 0 Å². The van der Waals surface area contributed by atoms with Gasteiger partial charge in [0.1, 0.15) is 5.69 Å². The molecule has 1 aliphatic rings. The van der Waals surface area contributed by atoms with Crippen LogP contribution in [-0.4, -0.2) is 39.2 Å². The predicted octanol–water partition coefficient (Wildman–Crippen LogP) is 2.38. The van der Waals surface area contributed by atoms with E-state index < -0.39 is 11.7 Å². The van der Waals surface area contributed by atoms with E-state index in [9.17, 15) is 18.0 Å². The van der Waals surface area contributed by atoms with Gasteiger partial charge in [0.25, 0.3) is 0 Å². The molecule has 3 aromatic rings. The summed E-state index contributed by atoms with van der Waals surface area (Å²) in [4.78, 5) is 13.8. The van der Waals surface area contributed by atoms with Gasteiger partial charge >= 0.3 is 6.18 Å². The van der Waals surface area contributed by atoms with Gasteiger partial charge in [0.15, 0.2) is 0 Å². The van der Waals surface area contributed by atoms with E-state index in [0.29, 0.717) is 24.3 Å². The molecule has 2 aromatic heterocycles. The second-order valence-electron chi connectivity index (χ2n) is 6.80. The number of halogens is 3. The largest absolute Gasteiger partial charge is 0.416 e. The monoisotopic (exact) mass is 405 g/mol. The van der Waals surface area contributed by atoms with Crippen molar-refractivity contribution in [1.82, 2.24) is 25.3 Å². The van der Waals surface area contributed by atoms with Crippen LogP contribution in [0, 0.1) is 0 Å². The summed E-state index contributed by atoms with van der Waals surface area (Å²) in [6, 6.07) is 7.93. The van der Waals surface area contributed by atoms with E-state index in [1.54, 1.807) is 23.1 Å². The normalized spacial score (nSPS) is 19.6. The van der Waals surface area contributed by atoms with Gasteiger partial charge < -0.3 is 15.0 Å².